The number of benzene rings is 3. The number of ether oxygens (including phenoxy) is 2. The fraction of sp³-hybridized carbons (Fsp3) is 0.250. The molecule has 0 bridgehead atoms. The van der Waals surface area contributed by atoms with Crippen molar-refractivity contribution in [2.75, 3.05) is 0 Å². The van der Waals surface area contributed by atoms with Crippen LogP contribution in [0.15, 0.2) is 60.7 Å². The summed E-state index contributed by atoms with van der Waals surface area (Å²) in [6.45, 7) is 3.73. The van der Waals surface area contributed by atoms with E-state index >= 15 is 0 Å². The maximum absolute atomic E-state index is 12.2. The fourth-order valence-corrected chi connectivity index (χ4v) is 4.75. The molecule has 0 spiro atoms. The molecule has 2 amide bonds. The number of alkyl carbamates (subject to hydrolysis) is 1. The molecule has 1 aliphatic heterocycles. The zero-order valence-corrected chi connectivity index (χ0v) is 21.1. The van der Waals surface area contributed by atoms with Crippen LogP contribution in [0.25, 0.3) is 22.2 Å². The van der Waals surface area contributed by atoms with Crippen LogP contribution in [0.1, 0.15) is 31.4 Å². The first-order valence-electron chi connectivity index (χ1n) is 11.8. The van der Waals surface area contributed by atoms with Crippen LogP contribution in [-0.4, -0.2) is 27.4 Å². The Kier molecular flexibility index (Phi) is 6.18. The van der Waals surface area contributed by atoms with E-state index < -0.39 is 17.6 Å². The zero-order chi connectivity index (χ0) is 25.4. The number of carbonyl (C=O) groups excluding carboxylic acids is 2. The van der Waals surface area contributed by atoms with Crippen molar-refractivity contribution in [1.29, 1.82) is 0 Å². The molecule has 1 aromatic heterocycles. The monoisotopic (exact) mass is 503 g/mol. The predicted octanol–water partition coefficient (Wildman–Crippen LogP) is 6.21. The summed E-state index contributed by atoms with van der Waals surface area (Å²) in [5.41, 5.74) is 3.54. The minimum absolute atomic E-state index is 0.249. The van der Waals surface area contributed by atoms with Crippen LogP contribution in [-0.2, 0) is 29.4 Å². The van der Waals surface area contributed by atoms with Gasteiger partial charge in [-0.2, -0.15) is 5.10 Å². The van der Waals surface area contributed by atoms with Crippen molar-refractivity contribution in [3.8, 4) is 22.8 Å². The molecule has 0 radical (unpaired) electrons. The third-order valence-corrected chi connectivity index (χ3v) is 6.58. The maximum Gasteiger partial charge on any atom is 0.415 e. The molecule has 0 unspecified atom stereocenters. The normalized spacial score (nSPS) is 17.3. The molecular weight excluding hydrogens is 478 g/mol. The molecule has 2 heterocycles. The van der Waals surface area contributed by atoms with E-state index in [9.17, 15) is 9.59 Å². The highest BCUT2D eigenvalue weighted by molar-refractivity contribution is 6.31. The lowest BCUT2D eigenvalue weighted by molar-refractivity contribution is -0.129. The van der Waals surface area contributed by atoms with Crippen molar-refractivity contribution < 1.29 is 19.1 Å². The second kappa shape index (κ2) is 9.32. The first-order chi connectivity index (χ1) is 17.3. The van der Waals surface area contributed by atoms with E-state index in [1.54, 1.807) is 6.92 Å². The van der Waals surface area contributed by atoms with Crippen LogP contribution in [0, 0.1) is 0 Å². The Morgan fingerprint density at radius 3 is 2.69 bits per heavy atom. The summed E-state index contributed by atoms with van der Waals surface area (Å²) in [5, 5.41) is 8.65. The third-order valence-electron chi connectivity index (χ3n) is 6.35. The van der Waals surface area contributed by atoms with Crippen molar-refractivity contribution in [2.45, 2.75) is 38.7 Å². The molecule has 1 N–H and O–H groups in total. The number of nitrogens with one attached hydrogen (secondary N) is 1. The summed E-state index contributed by atoms with van der Waals surface area (Å²) in [6, 6.07) is 19.4. The predicted molar refractivity (Wildman–Crippen MR) is 138 cm³/mol. The summed E-state index contributed by atoms with van der Waals surface area (Å²) in [4.78, 5) is 23.6. The van der Waals surface area contributed by atoms with Gasteiger partial charge in [0.15, 0.2) is 5.60 Å². The third kappa shape index (κ3) is 4.54. The SMILES string of the molecule is CCCc1cc(-c2nn(C)c3cc(Cl)ccc23)ccc1Oc1cccc(C[C@@]2(C)OC(=O)NC2=O)c1. The van der Waals surface area contributed by atoms with Crippen LogP contribution in [0.4, 0.5) is 4.79 Å². The molecule has 36 heavy (non-hydrogen) atoms. The van der Waals surface area contributed by atoms with E-state index in [1.165, 1.54) is 0 Å². The van der Waals surface area contributed by atoms with Crippen molar-refractivity contribution >= 4 is 34.5 Å². The highest BCUT2D eigenvalue weighted by atomic mass is 35.5. The van der Waals surface area contributed by atoms with Gasteiger partial charge in [0.25, 0.3) is 5.91 Å². The van der Waals surface area contributed by atoms with Crippen LogP contribution in [0.3, 0.4) is 0 Å². The second-order valence-corrected chi connectivity index (χ2v) is 9.64. The standard InChI is InChI=1S/C28H26ClN3O4/c1-4-6-18-14-19(25-22-11-10-20(29)15-23(22)32(3)31-25)9-12-24(18)35-21-8-5-7-17(13-21)16-28(2)26(33)30-27(34)36-28/h5,7-15H,4,6,16H2,1-3H3,(H,30,33,34)/t28-/m1/s1. The Labute approximate surface area is 214 Å². The van der Waals surface area contributed by atoms with Crippen LogP contribution >= 0.6 is 11.6 Å². The molecule has 8 heteroatoms. The molecular formula is C28H26ClN3O4. The van der Waals surface area contributed by atoms with Crippen molar-refractivity contribution in [1.82, 2.24) is 15.1 Å². The van der Waals surface area contributed by atoms with Gasteiger partial charge in [-0.3, -0.25) is 14.8 Å². The molecule has 7 nitrogen and oxygen atoms in total. The van der Waals surface area contributed by atoms with Crippen molar-refractivity contribution in [2.24, 2.45) is 7.05 Å². The van der Waals surface area contributed by atoms with E-state index in [0.717, 1.165) is 51.9 Å². The van der Waals surface area contributed by atoms with E-state index in [1.807, 2.05) is 66.3 Å². The van der Waals surface area contributed by atoms with E-state index in [2.05, 4.69) is 18.3 Å². The number of fused-ring (bicyclic) bond motifs is 1. The Bertz CT molecular complexity index is 1500. The number of amides is 2. The lowest BCUT2D eigenvalue weighted by Gasteiger charge is -2.19. The van der Waals surface area contributed by atoms with Gasteiger partial charge in [-0.05, 0) is 73.0 Å². The number of halogens is 1. The molecule has 5 rings (SSSR count). The lowest BCUT2D eigenvalue weighted by atomic mass is 9.96. The Hall–Kier alpha value is -3.84. The number of hydrogen-bond donors (Lipinski definition) is 1. The second-order valence-electron chi connectivity index (χ2n) is 9.21. The van der Waals surface area contributed by atoms with Gasteiger partial charge >= 0.3 is 6.09 Å². The van der Waals surface area contributed by atoms with Gasteiger partial charge in [0, 0.05) is 29.4 Å². The highest BCUT2D eigenvalue weighted by Gasteiger charge is 2.44. The minimum Gasteiger partial charge on any atom is -0.457 e. The summed E-state index contributed by atoms with van der Waals surface area (Å²) in [5.74, 6) is 0.963. The first kappa shape index (κ1) is 23.9. The Balaban J connectivity index is 1.44. The van der Waals surface area contributed by atoms with Crippen molar-refractivity contribution in [3.63, 3.8) is 0 Å². The van der Waals surface area contributed by atoms with E-state index in [4.69, 9.17) is 26.2 Å². The van der Waals surface area contributed by atoms with Gasteiger partial charge in [-0.25, -0.2) is 4.79 Å². The molecule has 4 aromatic rings. The molecule has 1 aliphatic rings. The maximum atomic E-state index is 12.2. The van der Waals surface area contributed by atoms with Gasteiger partial charge in [0.2, 0.25) is 0 Å². The van der Waals surface area contributed by atoms with E-state index in [-0.39, 0.29) is 6.42 Å². The van der Waals surface area contributed by atoms with E-state index in [0.29, 0.717) is 10.8 Å². The van der Waals surface area contributed by atoms with Crippen LogP contribution < -0.4 is 10.1 Å². The van der Waals surface area contributed by atoms with Crippen LogP contribution in [0.2, 0.25) is 5.02 Å². The van der Waals surface area contributed by atoms with Gasteiger partial charge < -0.3 is 9.47 Å². The molecule has 184 valence electrons. The molecule has 3 aromatic carbocycles. The average molecular weight is 504 g/mol. The number of imide groups is 1. The molecule has 0 aliphatic carbocycles. The smallest absolute Gasteiger partial charge is 0.415 e. The molecule has 1 atom stereocenters. The van der Waals surface area contributed by atoms with Gasteiger partial charge in [0.1, 0.15) is 17.2 Å². The number of rotatable bonds is 7. The average Bonchev–Trinajstić information content (AvgIpc) is 3.29. The zero-order valence-electron chi connectivity index (χ0n) is 20.3. The quantitative estimate of drug-likeness (QED) is 0.324. The molecule has 1 fully saturated rings. The summed E-state index contributed by atoms with van der Waals surface area (Å²) >= 11 is 6.19. The highest BCUT2D eigenvalue weighted by Crippen LogP contribution is 2.35. The number of carbonyl (C=O) groups is 2. The van der Waals surface area contributed by atoms with Crippen LogP contribution in [0.5, 0.6) is 11.5 Å². The summed E-state index contributed by atoms with van der Waals surface area (Å²) in [6.07, 6.45) is 1.33. The minimum atomic E-state index is -1.24. The van der Waals surface area contributed by atoms with Gasteiger partial charge in [-0.1, -0.05) is 37.1 Å². The molecule has 0 saturated carbocycles. The number of aryl methyl sites for hydroxylation is 2. The Morgan fingerprint density at radius 1 is 1.11 bits per heavy atom. The number of cyclic esters (lactones) is 1. The number of nitrogens with zero attached hydrogens (tertiary/aromatic N) is 2. The lowest BCUT2D eigenvalue weighted by Crippen LogP contribution is -2.38. The number of aromatic nitrogens is 2. The van der Waals surface area contributed by atoms with Crippen molar-refractivity contribution in [3.05, 3.63) is 76.8 Å². The summed E-state index contributed by atoms with van der Waals surface area (Å²) < 4.78 is 13.4. The molecule has 1 saturated heterocycles. The topological polar surface area (TPSA) is 82.4 Å². The van der Waals surface area contributed by atoms with Gasteiger partial charge in [-0.15, -0.1) is 0 Å². The summed E-state index contributed by atoms with van der Waals surface area (Å²) in [7, 11) is 1.91. The largest absolute Gasteiger partial charge is 0.457 e. The Morgan fingerprint density at radius 2 is 1.94 bits per heavy atom. The number of hydrogen-bond acceptors (Lipinski definition) is 5. The fourth-order valence-electron chi connectivity index (χ4n) is 4.59. The van der Waals surface area contributed by atoms with Gasteiger partial charge in [0.05, 0.1) is 5.52 Å². The first-order valence-corrected chi connectivity index (χ1v) is 12.2.